The van der Waals surface area contributed by atoms with Crippen molar-refractivity contribution in [2.45, 2.75) is 13.8 Å². The van der Waals surface area contributed by atoms with E-state index in [2.05, 4.69) is 4.90 Å². The van der Waals surface area contributed by atoms with Crippen molar-refractivity contribution in [2.24, 2.45) is 0 Å². The lowest BCUT2D eigenvalue weighted by Gasteiger charge is -2.37. The molecule has 9 nitrogen and oxygen atoms in total. The Kier molecular flexibility index (Phi) is 7.12. The molecule has 1 amide bonds. The van der Waals surface area contributed by atoms with Crippen LogP contribution in [-0.2, 0) is 9.53 Å². The van der Waals surface area contributed by atoms with Crippen LogP contribution < -0.4 is 4.90 Å². The Morgan fingerprint density at radius 2 is 1.81 bits per heavy atom. The topological polar surface area (TPSA) is 96.2 Å². The van der Waals surface area contributed by atoms with E-state index < -0.39 is 10.9 Å². The number of esters is 1. The molecule has 0 bridgehead atoms. The average Bonchev–Trinajstić information content (AvgIpc) is 2.68. The van der Waals surface area contributed by atoms with Crippen molar-refractivity contribution in [3.05, 3.63) is 33.9 Å². The SMILES string of the molecule is CCN(CC)C(=O)CN1CCN(c2ccc([N+](=O)[O-])cc2C(=O)OC)CC1. The zero-order valence-electron chi connectivity index (χ0n) is 16.0. The van der Waals surface area contributed by atoms with Gasteiger partial charge in [0.05, 0.1) is 29.8 Å². The standard InChI is InChI=1S/C18H26N4O5/c1-4-20(5-2)17(23)13-19-8-10-21(11-9-19)16-7-6-14(22(25)26)12-15(16)18(24)27-3/h6-7,12H,4-5,8-11,13H2,1-3H3. The molecular formula is C18H26N4O5. The van der Waals surface area contributed by atoms with Gasteiger partial charge in [-0.05, 0) is 19.9 Å². The first-order valence-electron chi connectivity index (χ1n) is 9.03. The molecule has 0 spiro atoms. The third-order valence-electron chi connectivity index (χ3n) is 4.78. The summed E-state index contributed by atoms with van der Waals surface area (Å²) < 4.78 is 4.78. The number of hydrogen-bond acceptors (Lipinski definition) is 7. The van der Waals surface area contributed by atoms with Crippen LogP contribution in [0.25, 0.3) is 0 Å². The van der Waals surface area contributed by atoms with Crippen LogP contribution in [0.3, 0.4) is 0 Å². The smallest absolute Gasteiger partial charge is 0.340 e. The number of hydrogen-bond donors (Lipinski definition) is 0. The zero-order valence-corrected chi connectivity index (χ0v) is 16.0. The predicted octanol–water partition coefficient (Wildman–Crippen LogP) is 1.37. The zero-order chi connectivity index (χ0) is 20.0. The highest BCUT2D eigenvalue weighted by molar-refractivity contribution is 5.96. The molecule has 1 aromatic carbocycles. The van der Waals surface area contributed by atoms with E-state index in [0.29, 0.717) is 51.5 Å². The van der Waals surface area contributed by atoms with E-state index in [1.165, 1.54) is 19.2 Å². The van der Waals surface area contributed by atoms with Crippen LogP contribution in [0.5, 0.6) is 0 Å². The fraction of sp³-hybridized carbons (Fsp3) is 0.556. The Balaban J connectivity index is 2.08. The number of carbonyl (C=O) groups is 2. The second-order valence-corrected chi connectivity index (χ2v) is 6.28. The highest BCUT2D eigenvalue weighted by atomic mass is 16.6. The summed E-state index contributed by atoms with van der Waals surface area (Å²) in [5.41, 5.74) is 0.643. The molecule has 1 aromatic rings. The number of amides is 1. The molecule has 1 fully saturated rings. The molecule has 0 atom stereocenters. The number of piperazine rings is 1. The summed E-state index contributed by atoms with van der Waals surface area (Å²) in [6, 6.07) is 4.22. The van der Waals surface area contributed by atoms with Gasteiger partial charge in [-0.1, -0.05) is 0 Å². The summed E-state index contributed by atoms with van der Waals surface area (Å²) in [6.07, 6.45) is 0. The third kappa shape index (κ3) is 4.94. The number of non-ortho nitro benzene ring substituents is 1. The van der Waals surface area contributed by atoms with Crippen molar-refractivity contribution in [3.63, 3.8) is 0 Å². The normalized spacial score (nSPS) is 14.7. The fourth-order valence-corrected chi connectivity index (χ4v) is 3.20. The van der Waals surface area contributed by atoms with Crippen molar-refractivity contribution >= 4 is 23.3 Å². The number of nitro groups is 1. The number of benzene rings is 1. The van der Waals surface area contributed by atoms with Gasteiger partial charge in [-0.2, -0.15) is 0 Å². The van der Waals surface area contributed by atoms with Gasteiger partial charge < -0.3 is 14.5 Å². The number of nitrogens with zero attached hydrogens (tertiary/aromatic N) is 4. The largest absolute Gasteiger partial charge is 0.465 e. The number of anilines is 1. The van der Waals surface area contributed by atoms with E-state index in [9.17, 15) is 19.7 Å². The van der Waals surface area contributed by atoms with Gasteiger partial charge in [-0.3, -0.25) is 19.8 Å². The minimum absolute atomic E-state index is 0.110. The van der Waals surface area contributed by atoms with Gasteiger partial charge in [0.2, 0.25) is 5.91 Å². The number of nitro benzene ring substituents is 1. The lowest BCUT2D eigenvalue weighted by atomic mass is 10.1. The Morgan fingerprint density at radius 1 is 1.19 bits per heavy atom. The number of likely N-dealkylation sites (N-methyl/N-ethyl adjacent to an activating group) is 1. The van der Waals surface area contributed by atoms with E-state index in [1.807, 2.05) is 18.7 Å². The Bertz CT molecular complexity index is 697. The molecule has 0 unspecified atom stereocenters. The van der Waals surface area contributed by atoms with Crippen molar-refractivity contribution in [1.82, 2.24) is 9.80 Å². The molecule has 0 radical (unpaired) electrons. The number of methoxy groups -OCH3 is 1. The summed E-state index contributed by atoms with van der Waals surface area (Å²) in [5, 5.41) is 11.0. The van der Waals surface area contributed by atoms with Crippen LogP contribution in [0.15, 0.2) is 18.2 Å². The molecule has 0 aliphatic carbocycles. The highest BCUT2D eigenvalue weighted by Crippen LogP contribution is 2.27. The lowest BCUT2D eigenvalue weighted by Crippen LogP contribution is -2.50. The maximum atomic E-state index is 12.3. The fourth-order valence-electron chi connectivity index (χ4n) is 3.20. The molecule has 1 saturated heterocycles. The van der Waals surface area contributed by atoms with Gasteiger partial charge in [0.25, 0.3) is 5.69 Å². The van der Waals surface area contributed by atoms with E-state index >= 15 is 0 Å². The van der Waals surface area contributed by atoms with Gasteiger partial charge in [-0.15, -0.1) is 0 Å². The van der Waals surface area contributed by atoms with Crippen LogP contribution in [-0.4, -0.2) is 79.5 Å². The van der Waals surface area contributed by atoms with Crippen LogP contribution in [0.1, 0.15) is 24.2 Å². The van der Waals surface area contributed by atoms with Gasteiger partial charge in [0.15, 0.2) is 0 Å². The van der Waals surface area contributed by atoms with Gasteiger partial charge >= 0.3 is 5.97 Å². The first-order chi connectivity index (χ1) is 12.9. The predicted molar refractivity (Wildman–Crippen MR) is 101 cm³/mol. The molecule has 9 heteroatoms. The van der Waals surface area contributed by atoms with Crippen LogP contribution in [0.4, 0.5) is 11.4 Å². The molecule has 2 rings (SSSR count). The lowest BCUT2D eigenvalue weighted by molar-refractivity contribution is -0.384. The average molecular weight is 378 g/mol. The van der Waals surface area contributed by atoms with E-state index in [4.69, 9.17) is 4.74 Å². The van der Waals surface area contributed by atoms with Crippen molar-refractivity contribution in [2.75, 3.05) is 57.8 Å². The molecule has 148 valence electrons. The monoisotopic (exact) mass is 378 g/mol. The molecule has 27 heavy (non-hydrogen) atoms. The number of carbonyl (C=O) groups excluding carboxylic acids is 2. The van der Waals surface area contributed by atoms with E-state index in [1.54, 1.807) is 11.0 Å². The first-order valence-corrected chi connectivity index (χ1v) is 9.03. The van der Waals surface area contributed by atoms with Crippen LogP contribution in [0, 0.1) is 10.1 Å². The van der Waals surface area contributed by atoms with E-state index in [-0.39, 0.29) is 17.2 Å². The first kappa shape index (κ1) is 20.6. The minimum Gasteiger partial charge on any atom is -0.465 e. The minimum atomic E-state index is -0.604. The van der Waals surface area contributed by atoms with Crippen molar-refractivity contribution < 1.29 is 19.2 Å². The van der Waals surface area contributed by atoms with Gasteiger partial charge in [0, 0.05) is 51.4 Å². The van der Waals surface area contributed by atoms with E-state index in [0.717, 1.165) is 0 Å². The van der Waals surface area contributed by atoms with Gasteiger partial charge in [-0.25, -0.2) is 4.79 Å². The van der Waals surface area contributed by atoms with Crippen LogP contribution >= 0.6 is 0 Å². The Labute approximate surface area is 158 Å². The molecule has 1 aliphatic rings. The van der Waals surface area contributed by atoms with Crippen molar-refractivity contribution in [1.29, 1.82) is 0 Å². The third-order valence-corrected chi connectivity index (χ3v) is 4.78. The van der Waals surface area contributed by atoms with Crippen LogP contribution in [0.2, 0.25) is 0 Å². The summed E-state index contributed by atoms with van der Waals surface area (Å²) >= 11 is 0. The molecule has 0 N–H and O–H groups in total. The maximum Gasteiger partial charge on any atom is 0.340 e. The molecule has 0 saturated carbocycles. The molecule has 1 heterocycles. The maximum absolute atomic E-state index is 12.3. The summed E-state index contributed by atoms with van der Waals surface area (Å²) in [6.45, 7) is 8.27. The summed E-state index contributed by atoms with van der Waals surface area (Å²) in [7, 11) is 1.25. The number of ether oxygens (including phenoxy) is 1. The highest BCUT2D eigenvalue weighted by Gasteiger charge is 2.25. The summed E-state index contributed by atoms with van der Waals surface area (Å²) in [4.78, 5) is 40.7. The Hall–Kier alpha value is -2.68. The number of rotatable bonds is 7. The second kappa shape index (κ2) is 9.31. The Morgan fingerprint density at radius 3 is 2.33 bits per heavy atom. The van der Waals surface area contributed by atoms with Crippen molar-refractivity contribution in [3.8, 4) is 0 Å². The van der Waals surface area contributed by atoms with Gasteiger partial charge in [0.1, 0.15) is 0 Å². The molecular weight excluding hydrogens is 352 g/mol. The molecule has 1 aliphatic heterocycles. The second-order valence-electron chi connectivity index (χ2n) is 6.28. The molecule has 0 aromatic heterocycles. The summed E-state index contributed by atoms with van der Waals surface area (Å²) in [5.74, 6) is -0.494. The quantitative estimate of drug-likeness (QED) is 0.402.